The molecule has 0 spiro atoms. The minimum absolute atomic E-state index is 0.0129. The van der Waals surface area contributed by atoms with Gasteiger partial charge in [-0.25, -0.2) is 0 Å². The Morgan fingerprint density at radius 1 is 1.06 bits per heavy atom. The normalized spacial score (nSPS) is 10.7. The summed E-state index contributed by atoms with van der Waals surface area (Å²) in [5.41, 5.74) is 2.31. The summed E-state index contributed by atoms with van der Waals surface area (Å²) in [6.07, 6.45) is 5.09. The molecule has 1 N–H and O–H groups in total. The molecule has 0 amide bonds. The third kappa shape index (κ3) is 4.62. The number of benzene rings is 2. The van der Waals surface area contributed by atoms with Crippen LogP contribution in [0.25, 0.3) is 5.69 Å². The maximum Gasteiger partial charge on any atom is 0.292 e. The molecular formula is C21H17ClN6O3. The first-order chi connectivity index (χ1) is 15.0. The highest BCUT2D eigenvalue weighted by Gasteiger charge is 2.12. The Hall–Kier alpha value is -3.98. The maximum atomic E-state index is 12.6. The fourth-order valence-corrected chi connectivity index (χ4v) is 3.27. The molecule has 4 aromatic rings. The van der Waals surface area contributed by atoms with Crippen molar-refractivity contribution in [3.8, 4) is 5.69 Å². The lowest BCUT2D eigenvalue weighted by Crippen LogP contribution is -2.22. The van der Waals surface area contributed by atoms with Gasteiger partial charge in [0.05, 0.1) is 29.0 Å². The highest BCUT2D eigenvalue weighted by molar-refractivity contribution is 6.32. The molecule has 2 aromatic carbocycles. The average molecular weight is 437 g/mol. The van der Waals surface area contributed by atoms with E-state index in [9.17, 15) is 14.9 Å². The number of hydrogen-bond acceptors (Lipinski definition) is 6. The molecule has 4 rings (SSSR count). The first kappa shape index (κ1) is 20.3. The number of anilines is 1. The first-order valence-electron chi connectivity index (χ1n) is 9.33. The Morgan fingerprint density at radius 2 is 1.84 bits per heavy atom. The Labute approximate surface area is 181 Å². The van der Waals surface area contributed by atoms with E-state index in [0.29, 0.717) is 24.5 Å². The van der Waals surface area contributed by atoms with Gasteiger partial charge in [0, 0.05) is 31.1 Å². The summed E-state index contributed by atoms with van der Waals surface area (Å²) in [7, 11) is 0. The molecule has 2 aromatic heterocycles. The summed E-state index contributed by atoms with van der Waals surface area (Å²) in [4.78, 5) is 22.9. The molecule has 0 saturated heterocycles. The van der Waals surface area contributed by atoms with E-state index in [2.05, 4.69) is 15.5 Å². The number of nitrogens with one attached hydrogen (secondary N) is 1. The second-order valence-corrected chi connectivity index (χ2v) is 7.12. The highest BCUT2D eigenvalue weighted by Crippen LogP contribution is 2.19. The van der Waals surface area contributed by atoms with E-state index in [4.69, 9.17) is 11.6 Å². The summed E-state index contributed by atoms with van der Waals surface area (Å²) in [6.45, 7) is 1.11. The van der Waals surface area contributed by atoms with Crippen LogP contribution in [0.2, 0.25) is 5.02 Å². The SMILES string of the molecule is O=c1c(Cl)c(NCc2cccc(Cn3cccn3)c2)cnn1-c1ccc([N+](=O)[O-])cc1. The quantitative estimate of drug-likeness (QED) is 0.350. The van der Waals surface area contributed by atoms with Crippen LogP contribution in [-0.4, -0.2) is 24.5 Å². The van der Waals surface area contributed by atoms with E-state index in [1.54, 1.807) is 6.20 Å². The zero-order chi connectivity index (χ0) is 21.8. The monoisotopic (exact) mass is 436 g/mol. The lowest BCUT2D eigenvalue weighted by atomic mass is 10.1. The van der Waals surface area contributed by atoms with Gasteiger partial charge in [-0.15, -0.1) is 0 Å². The average Bonchev–Trinajstić information content (AvgIpc) is 3.28. The Morgan fingerprint density at radius 3 is 2.55 bits per heavy atom. The number of aromatic nitrogens is 4. The molecule has 0 aliphatic rings. The molecule has 0 radical (unpaired) electrons. The van der Waals surface area contributed by atoms with Gasteiger partial charge in [-0.1, -0.05) is 35.9 Å². The number of halogens is 1. The number of nitrogens with zero attached hydrogens (tertiary/aromatic N) is 5. The lowest BCUT2D eigenvalue weighted by Gasteiger charge is -2.11. The van der Waals surface area contributed by atoms with Crippen LogP contribution in [0.1, 0.15) is 11.1 Å². The molecule has 156 valence electrons. The maximum absolute atomic E-state index is 12.6. The van der Waals surface area contributed by atoms with Crippen LogP contribution < -0.4 is 10.9 Å². The molecular weight excluding hydrogens is 420 g/mol. The van der Waals surface area contributed by atoms with Gasteiger partial charge in [-0.3, -0.25) is 19.6 Å². The molecule has 2 heterocycles. The number of hydrogen-bond donors (Lipinski definition) is 1. The number of nitro benzene ring substituents is 1. The first-order valence-corrected chi connectivity index (χ1v) is 9.71. The van der Waals surface area contributed by atoms with E-state index in [0.717, 1.165) is 15.8 Å². The second-order valence-electron chi connectivity index (χ2n) is 6.74. The predicted molar refractivity (Wildman–Crippen MR) is 117 cm³/mol. The van der Waals surface area contributed by atoms with Crippen molar-refractivity contribution >= 4 is 23.0 Å². The van der Waals surface area contributed by atoms with E-state index in [1.165, 1.54) is 30.5 Å². The molecule has 9 nitrogen and oxygen atoms in total. The van der Waals surface area contributed by atoms with Crippen LogP contribution in [0.3, 0.4) is 0 Å². The van der Waals surface area contributed by atoms with Crippen molar-refractivity contribution in [2.24, 2.45) is 0 Å². The smallest absolute Gasteiger partial charge is 0.292 e. The summed E-state index contributed by atoms with van der Waals surface area (Å²) < 4.78 is 2.94. The minimum atomic E-state index is -0.520. The topological polar surface area (TPSA) is 108 Å². The number of rotatable bonds is 7. The van der Waals surface area contributed by atoms with Crippen molar-refractivity contribution in [3.05, 3.63) is 110 Å². The van der Waals surface area contributed by atoms with Gasteiger partial charge >= 0.3 is 0 Å². The van der Waals surface area contributed by atoms with Gasteiger partial charge in [-0.05, 0) is 29.3 Å². The summed E-state index contributed by atoms with van der Waals surface area (Å²) in [5.74, 6) is 0. The molecule has 0 bridgehead atoms. The fourth-order valence-electron chi connectivity index (χ4n) is 3.07. The molecule has 0 atom stereocenters. The highest BCUT2D eigenvalue weighted by atomic mass is 35.5. The fraction of sp³-hybridized carbons (Fsp3) is 0.0952. The van der Waals surface area contributed by atoms with Gasteiger partial charge in [0.25, 0.3) is 11.2 Å². The summed E-state index contributed by atoms with van der Waals surface area (Å²) in [6, 6.07) is 15.4. The van der Waals surface area contributed by atoms with Crippen molar-refractivity contribution in [1.29, 1.82) is 0 Å². The van der Waals surface area contributed by atoms with Crippen LogP contribution in [-0.2, 0) is 13.1 Å². The molecule has 0 saturated carbocycles. The van der Waals surface area contributed by atoms with Crippen molar-refractivity contribution in [2.75, 3.05) is 5.32 Å². The van der Waals surface area contributed by atoms with Gasteiger partial charge < -0.3 is 5.32 Å². The molecule has 0 fully saturated rings. The lowest BCUT2D eigenvalue weighted by molar-refractivity contribution is -0.384. The summed E-state index contributed by atoms with van der Waals surface area (Å²) >= 11 is 6.27. The van der Waals surface area contributed by atoms with Crippen molar-refractivity contribution in [2.45, 2.75) is 13.1 Å². The molecule has 0 aliphatic carbocycles. The van der Waals surface area contributed by atoms with Crippen LogP contribution >= 0.6 is 11.6 Å². The number of nitro groups is 1. The Kier molecular flexibility index (Phi) is 5.76. The Balaban J connectivity index is 1.49. The van der Waals surface area contributed by atoms with E-state index in [-0.39, 0.29) is 10.7 Å². The Bertz CT molecular complexity index is 1270. The van der Waals surface area contributed by atoms with Crippen molar-refractivity contribution in [3.63, 3.8) is 0 Å². The predicted octanol–water partition coefficient (Wildman–Crippen LogP) is 3.65. The van der Waals surface area contributed by atoms with Gasteiger partial charge in [-0.2, -0.15) is 14.9 Å². The van der Waals surface area contributed by atoms with Gasteiger partial charge in [0.2, 0.25) is 0 Å². The van der Waals surface area contributed by atoms with Crippen LogP contribution in [0.4, 0.5) is 11.4 Å². The van der Waals surface area contributed by atoms with Crippen LogP contribution in [0.15, 0.2) is 78.0 Å². The van der Waals surface area contributed by atoms with Gasteiger partial charge in [0.15, 0.2) is 0 Å². The molecule has 0 unspecified atom stereocenters. The standard InChI is InChI=1S/C21H17ClN6O3/c22-20-19(13-25-27(21(20)29)17-5-7-18(8-6-17)28(30)31)23-12-15-3-1-4-16(11-15)14-26-10-2-9-24-26/h1-11,13,23H,12,14H2. The zero-order valence-electron chi connectivity index (χ0n) is 16.2. The largest absolute Gasteiger partial charge is 0.378 e. The zero-order valence-corrected chi connectivity index (χ0v) is 16.9. The van der Waals surface area contributed by atoms with Gasteiger partial charge in [0.1, 0.15) is 5.02 Å². The minimum Gasteiger partial charge on any atom is -0.378 e. The third-order valence-corrected chi connectivity index (χ3v) is 4.97. The van der Waals surface area contributed by atoms with E-state index in [1.807, 2.05) is 41.2 Å². The van der Waals surface area contributed by atoms with E-state index >= 15 is 0 Å². The van der Waals surface area contributed by atoms with Crippen LogP contribution in [0.5, 0.6) is 0 Å². The summed E-state index contributed by atoms with van der Waals surface area (Å²) in [5, 5.41) is 22.3. The van der Waals surface area contributed by atoms with E-state index < -0.39 is 10.5 Å². The molecule has 10 heteroatoms. The third-order valence-electron chi connectivity index (χ3n) is 4.60. The van der Waals surface area contributed by atoms with Crippen molar-refractivity contribution < 1.29 is 4.92 Å². The van der Waals surface area contributed by atoms with Crippen molar-refractivity contribution in [1.82, 2.24) is 19.6 Å². The molecule has 31 heavy (non-hydrogen) atoms. The second kappa shape index (κ2) is 8.80. The van der Waals surface area contributed by atoms with Crippen LogP contribution in [0, 0.1) is 10.1 Å². The molecule has 0 aliphatic heterocycles. The number of non-ortho nitro benzene ring substituents is 1.